The second kappa shape index (κ2) is 8.24. The van der Waals surface area contributed by atoms with Crippen LogP contribution in [0.25, 0.3) is 0 Å². The standard InChI is InChI=1S/C22H27ClS2/c1-21(2,3)16-7-11-18(12-8-16)24-15-20(23)25-19-13-9-17(10-14-19)22(4,5)6/h7-15H,1-6H3. The van der Waals surface area contributed by atoms with Gasteiger partial charge in [-0.15, -0.1) is 0 Å². The number of hydrogen-bond acceptors (Lipinski definition) is 2. The van der Waals surface area contributed by atoms with E-state index in [2.05, 4.69) is 90.1 Å². The molecule has 0 radical (unpaired) electrons. The molecule has 0 fully saturated rings. The highest BCUT2D eigenvalue weighted by molar-refractivity contribution is 8.07. The monoisotopic (exact) mass is 390 g/mol. The van der Waals surface area contributed by atoms with Gasteiger partial charge in [0.05, 0.1) is 4.36 Å². The third-order valence-corrected chi connectivity index (χ3v) is 6.28. The molecule has 0 heterocycles. The molecule has 0 saturated carbocycles. The third kappa shape index (κ3) is 6.44. The predicted octanol–water partition coefficient (Wildman–Crippen LogP) is 8.20. The van der Waals surface area contributed by atoms with Crippen molar-refractivity contribution in [3.63, 3.8) is 0 Å². The topological polar surface area (TPSA) is 0 Å². The zero-order chi connectivity index (χ0) is 18.7. The van der Waals surface area contributed by atoms with Gasteiger partial charge in [-0.2, -0.15) is 0 Å². The zero-order valence-electron chi connectivity index (χ0n) is 15.9. The summed E-state index contributed by atoms with van der Waals surface area (Å²) < 4.78 is 0.786. The lowest BCUT2D eigenvalue weighted by Crippen LogP contribution is -2.10. The van der Waals surface area contributed by atoms with Crippen LogP contribution in [0.4, 0.5) is 0 Å². The molecule has 0 aliphatic carbocycles. The maximum absolute atomic E-state index is 6.40. The van der Waals surface area contributed by atoms with Crippen molar-refractivity contribution in [2.24, 2.45) is 0 Å². The Morgan fingerprint density at radius 2 is 1.12 bits per heavy atom. The van der Waals surface area contributed by atoms with E-state index in [4.69, 9.17) is 11.6 Å². The summed E-state index contributed by atoms with van der Waals surface area (Å²) in [6.07, 6.45) is 0. The molecule has 134 valence electrons. The van der Waals surface area contributed by atoms with E-state index in [0.717, 1.165) is 9.26 Å². The summed E-state index contributed by atoms with van der Waals surface area (Å²) in [7, 11) is 0. The van der Waals surface area contributed by atoms with Gasteiger partial charge in [-0.1, -0.05) is 101 Å². The zero-order valence-corrected chi connectivity index (χ0v) is 18.3. The molecule has 0 aromatic heterocycles. The van der Waals surface area contributed by atoms with Crippen molar-refractivity contribution in [3.05, 3.63) is 69.4 Å². The van der Waals surface area contributed by atoms with Crippen molar-refractivity contribution in [2.45, 2.75) is 62.2 Å². The van der Waals surface area contributed by atoms with E-state index in [9.17, 15) is 0 Å². The molecule has 0 atom stereocenters. The molecule has 0 nitrogen and oxygen atoms in total. The highest BCUT2D eigenvalue weighted by Gasteiger charge is 2.14. The minimum absolute atomic E-state index is 0.178. The van der Waals surface area contributed by atoms with Gasteiger partial charge >= 0.3 is 0 Å². The van der Waals surface area contributed by atoms with E-state index in [-0.39, 0.29) is 10.8 Å². The summed E-state index contributed by atoms with van der Waals surface area (Å²) in [6, 6.07) is 17.4. The summed E-state index contributed by atoms with van der Waals surface area (Å²) in [5.41, 5.74) is 3.05. The van der Waals surface area contributed by atoms with E-state index in [1.165, 1.54) is 16.0 Å². The quantitative estimate of drug-likeness (QED) is 0.482. The molecule has 25 heavy (non-hydrogen) atoms. The van der Waals surface area contributed by atoms with Crippen molar-refractivity contribution in [3.8, 4) is 0 Å². The molecular weight excluding hydrogens is 364 g/mol. The minimum Gasteiger partial charge on any atom is -0.0960 e. The molecule has 2 aromatic carbocycles. The SMILES string of the molecule is CC(C)(C)c1ccc(SC=C(Cl)Sc2ccc(C(C)(C)C)cc2)cc1. The Labute approximate surface area is 166 Å². The highest BCUT2D eigenvalue weighted by atomic mass is 35.5. The van der Waals surface area contributed by atoms with Gasteiger partial charge in [0.25, 0.3) is 0 Å². The predicted molar refractivity (Wildman–Crippen MR) is 116 cm³/mol. The van der Waals surface area contributed by atoms with Crippen molar-refractivity contribution in [1.29, 1.82) is 0 Å². The Kier molecular flexibility index (Phi) is 6.75. The fourth-order valence-corrected chi connectivity index (χ4v) is 4.06. The highest BCUT2D eigenvalue weighted by Crippen LogP contribution is 2.35. The summed E-state index contributed by atoms with van der Waals surface area (Å²) >= 11 is 9.66. The van der Waals surface area contributed by atoms with Crippen molar-refractivity contribution < 1.29 is 0 Å². The van der Waals surface area contributed by atoms with E-state index in [1.807, 2.05) is 5.41 Å². The van der Waals surface area contributed by atoms with Crippen LogP contribution in [0.1, 0.15) is 52.7 Å². The van der Waals surface area contributed by atoms with E-state index < -0.39 is 0 Å². The van der Waals surface area contributed by atoms with Gasteiger partial charge in [0.1, 0.15) is 0 Å². The Morgan fingerprint density at radius 3 is 1.52 bits per heavy atom. The first-order valence-corrected chi connectivity index (χ1v) is 10.5. The number of benzene rings is 2. The van der Waals surface area contributed by atoms with Crippen molar-refractivity contribution in [2.75, 3.05) is 0 Å². The summed E-state index contributed by atoms with van der Waals surface area (Å²) in [6.45, 7) is 13.4. The van der Waals surface area contributed by atoms with Crippen LogP contribution in [-0.2, 0) is 10.8 Å². The van der Waals surface area contributed by atoms with Gasteiger partial charge in [-0.3, -0.25) is 0 Å². The van der Waals surface area contributed by atoms with Crippen molar-refractivity contribution in [1.82, 2.24) is 0 Å². The Hall–Kier alpha value is -0.830. The molecular formula is C22H27ClS2. The largest absolute Gasteiger partial charge is 0.0960 e. The molecule has 0 N–H and O–H groups in total. The Balaban J connectivity index is 1.97. The average molecular weight is 391 g/mol. The van der Waals surface area contributed by atoms with Crippen LogP contribution in [0.5, 0.6) is 0 Å². The first kappa shape index (κ1) is 20.5. The molecule has 0 saturated heterocycles. The average Bonchev–Trinajstić information content (AvgIpc) is 2.52. The second-order valence-corrected chi connectivity index (χ2v) is 10.9. The lowest BCUT2D eigenvalue weighted by atomic mass is 9.87. The molecule has 0 amide bonds. The van der Waals surface area contributed by atoms with Gasteiger partial charge in [0.15, 0.2) is 0 Å². The molecule has 3 heteroatoms. The number of thioether (sulfide) groups is 2. The molecule has 2 rings (SSSR count). The maximum atomic E-state index is 6.40. The van der Waals surface area contributed by atoms with Crippen LogP contribution < -0.4 is 0 Å². The first-order chi connectivity index (χ1) is 11.6. The number of hydrogen-bond donors (Lipinski definition) is 0. The smallest absolute Gasteiger partial charge is 0.0849 e. The van der Waals surface area contributed by atoms with Crippen LogP contribution in [0.3, 0.4) is 0 Å². The number of rotatable bonds is 4. The Morgan fingerprint density at radius 1 is 0.720 bits per heavy atom. The lowest BCUT2D eigenvalue weighted by molar-refractivity contribution is 0.589. The van der Waals surface area contributed by atoms with E-state index in [0.29, 0.717) is 0 Å². The van der Waals surface area contributed by atoms with Crippen molar-refractivity contribution >= 4 is 35.1 Å². The van der Waals surface area contributed by atoms with Crippen LogP contribution in [0.15, 0.2) is 68.1 Å². The first-order valence-electron chi connectivity index (χ1n) is 8.47. The van der Waals surface area contributed by atoms with Gasteiger partial charge in [-0.25, -0.2) is 0 Å². The van der Waals surface area contributed by atoms with Crippen LogP contribution in [0, 0.1) is 0 Å². The Bertz CT molecular complexity index is 715. The number of halogens is 1. The minimum atomic E-state index is 0.178. The molecule has 2 aromatic rings. The van der Waals surface area contributed by atoms with Crippen LogP contribution >= 0.6 is 35.1 Å². The van der Waals surface area contributed by atoms with E-state index in [1.54, 1.807) is 23.5 Å². The normalized spacial score (nSPS) is 13.2. The summed E-state index contributed by atoms with van der Waals surface area (Å²) in [5.74, 6) is 0. The van der Waals surface area contributed by atoms with Gasteiger partial charge in [-0.05, 0) is 46.2 Å². The fourth-order valence-electron chi connectivity index (χ4n) is 2.31. The van der Waals surface area contributed by atoms with Gasteiger partial charge in [0, 0.05) is 15.2 Å². The van der Waals surface area contributed by atoms with Gasteiger partial charge < -0.3 is 0 Å². The molecule has 0 bridgehead atoms. The lowest BCUT2D eigenvalue weighted by Gasteiger charge is -2.19. The summed E-state index contributed by atoms with van der Waals surface area (Å²) in [4.78, 5) is 2.37. The molecule has 0 aliphatic rings. The molecule has 0 spiro atoms. The van der Waals surface area contributed by atoms with E-state index >= 15 is 0 Å². The van der Waals surface area contributed by atoms with Crippen LogP contribution in [0.2, 0.25) is 0 Å². The third-order valence-electron chi connectivity index (χ3n) is 3.94. The molecule has 0 unspecified atom stereocenters. The van der Waals surface area contributed by atoms with Gasteiger partial charge in [0.2, 0.25) is 0 Å². The second-order valence-electron chi connectivity index (χ2n) is 8.19. The molecule has 0 aliphatic heterocycles. The summed E-state index contributed by atoms with van der Waals surface area (Å²) in [5, 5.41) is 2.01. The maximum Gasteiger partial charge on any atom is 0.0849 e. The van der Waals surface area contributed by atoms with Crippen LogP contribution in [-0.4, -0.2) is 0 Å². The fraction of sp³-hybridized carbons (Fsp3) is 0.364.